The van der Waals surface area contributed by atoms with E-state index in [0.717, 1.165) is 16.7 Å². The lowest BCUT2D eigenvalue weighted by Gasteiger charge is -2.19. The van der Waals surface area contributed by atoms with Crippen molar-refractivity contribution in [2.75, 3.05) is 7.11 Å². The molecule has 0 bridgehead atoms. The van der Waals surface area contributed by atoms with Crippen LogP contribution in [0.1, 0.15) is 46.4 Å². The van der Waals surface area contributed by atoms with E-state index in [9.17, 15) is 13.2 Å². The Labute approximate surface area is 159 Å². The fourth-order valence-corrected chi connectivity index (χ4v) is 4.09. The highest BCUT2D eigenvalue weighted by Gasteiger charge is 2.23. The highest BCUT2D eigenvalue weighted by molar-refractivity contribution is 7.89. The Morgan fingerprint density at radius 2 is 1.85 bits per heavy atom. The number of esters is 1. The van der Waals surface area contributed by atoms with E-state index < -0.39 is 16.0 Å². The van der Waals surface area contributed by atoms with E-state index in [1.165, 1.54) is 25.3 Å². The van der Waals surface area contributed by atoms with Crippen LogP contribution in [0.5, 0.6) is 0 Å². The molecule has 1 atom stereocenters. The van der Waals surface area contributed by atoms with Gasteiger partial charge in [0, 0.05) is 6.04 Å². The highest BCUT2D eigenvalue weighted by Crippen LogP contribution is 2.25. The molecule has 0 saturated heterocycles. The van der Waals surface area contributed by atoms with Crippen LogP contribution in [0.3, 0.4) is 0 Å². The first-order valence-corrected chi connectivity index (χ1v) is 10.0. The first-order chi connectivity index (χ1) is 12.2. The zero-order valence-electron chi connectivity index (χ0n) is 15.2. The van der Waals surface area contributed by atoms with Crippen molar-refractivity contribution in [2.24, 2.45) is 0 Å². The standard InChI is InChI=1S/C19H22ClNO4S/c1-5-18(14-7-6-12(2)13(3)10-14)21-26(23,24)15-8-9-17(20)16(11-15)19(22)25-4/h6-11,18,21H,5H2,1-4H3/t18-/m0/s1. The number of methoxy groups -OCH3 is 1. The average molecular weight is 396 g/mol. The van der Waals surface area contributed by atoms with E-state index in [4.69, 9.17) is 11.6 Å². The number of benzene rings is 2. The van der Waals surface area contributed by atoms with Gasteiger partial charge in [-0.2, -0.15) is 0 Å². The molecule has 0 fully saturated rings. The zero-order chi connectivity index (χ0) is 19.5. The smallest absolute Gasteiger partial charge is 0.339 e. The molecule has 0 radical (unpaired) electrons. The van der Waals surface area contributed by atoms with E-state index in [-0.39, 0.29) is 21.5 Å². The molecule has 0 unspecified atom stereocenters. The van der Waals surface area contributed by atoms with Crippen molar-refractivity contribution in [3.05, 3.63) is 63.7 Å². The number of hydrogen-bond acceptors (Lipinski definition) is 4. The van der Waals surface area contributed by atoms with Gasteiger partial charge in [-0.05, 0) is 55.2 Å². The number of rotatable bonds is 6. The highest BCUT2D eigenvalue weighted by atomic mass is 35.5. The lowest BCUT2D eigenvalue weighted by Crippen LogP contribution is -2.28. The summed E-state index contributed by atoms with van der Waals surface area (Å²) < 4.78 is 32.9. The molecular weight excluding hydrogens is 374 g/mol. The Kier molecular flexibility index (Phi) is 6.44. The molecule has 26 heavy (non-hydrogen) atoms. The summed E-state index contributed by atoms with van der Waals surface area (Å²) in [6.45, 7) is 5.90. The van der Waals surface area contributed by atoms with E-state index >= 15 is 0 Å². The molecule has 1 N–H and O–H groups in total. The van der Waals surface area contributed by atoms with Gasteiger partial charge in [0.2, 0.25) is 10.0 Å². The summed E-state index contributed by atoms with van der Waals surface area (Å²) in [7, 11) is -2.63. The minimum absolute atomic E-state index is 0.0104. The van der Waals surface area contributed by atoms with Crippen molar-refractivity contribution < 1.29 is 17.9 Å². The number of hydrogen-bond donors (Lipinski definition) is 1. The van der Waals surface area contributed by atoms with Crippen LogP contribution in [0.15, 0.2) is 41.3 Å². The normalized spacial score (nSPS) is 12.7. The molecule has 0 aliphatic carbocycles. The molecule has 0 heterocycles. The largest absolute Gasteiger partial charge is 0.465 e. The van der Waals surface area contributed by atoms with Gasteiger partial charge in [0.15, 0.2) is 0 Å². The van der Waals surface area contributed by atoms with Crippen LogP contribution in [0, 0.1) is 13.8 Å². The molecule has 0 amide bonds. The van der Waals surface area contributed by atoms with E-state index in [0.29, 0.717) is 6.42 Å². The molecule has 7 heteroatoms. The number of sulfonamides is 1. The van der Waals surface area contributed by atoms with Crippen LogP contribution < -0.4 is 4.72 Å². The minimum Gasteiger partial charge on any atom is -0.465 e. The molecule has 2 aromatic carbocycles. The van der Waals surface area contributed by atoms with Crippen molar-refractivity contribution in [3.8, 4) is 0 Å². The molecule has 0 spiro atoms. The van der Waals surface area contributed by atoms with Crippen LogP contribution in [0.4, 0.5) is 0 Å². The second-order valence-electron chi connectivity index (χ2n) is 6.06. The van der Waals surface area contributed by atoms with Crippen molar-refractivity contribution in [1.82, 2.24) is 4.72 Å². The predicted molar refractivity (Wildman–Crippen MR) is 102 cm³/mol. The van der Waals surface area contributed by atoms with Crippen LogP contribution in [0.25, 0.3) is 0 Å². The van der Waals surface area contributed by atoms with Gasteiger partial charge in [-0.1, -0.05) is 36.7 Å². The molecule has 5 nitrogen and oxygen atoms in total. The van der Waals surface area contributed by atoms with Gasteiger partial charge in [0.05, 0.1) is 22.6 Å². The average Bonchev–Trinajstić information content (AvgIpc) is 2.61. The topological polar surface area (TPSA) is 72.5 Å². The number of carbonyl (C=O) groups excluding carboxylic acids is 1. The van der Waals surface area contributed by atoms with Gasteiger partial charge < -0.3 is 4.74 Å². The zero-order valence-corrected chi connectivity index (χ0v) is 16.7. The third-order valence-electron chi connectivity index (χ3n) is 4.29. The molecule has 2 aromatic rings. The van der Waals surface area contributed by atoms with Crippen molar-refractivity contribution in [1.29, 1.82) is 0 Å². The predicted octanol–water partition coefficient (Wildman–Crippen LogP) is 4.17. The Bertz CT molecular complexity index is 925. The second kappa shape index (κ2) is 8.20. The first-order valence-electron chi connectivity index (χ1n) is 8.17. The summed E-state index contributed by atoms with van der Waals surface area (Å²) in [5, 5.41) is 0.136. The van der Waals surface area contributed by atoms with Crippen LogP contribution in [0.2, 0.25) is 5.02 Å². The Morgan fingerprint density at radius 3 is 2.42 bits per heavy atom. The minimum atomic E-state index is -3.84. The lowest BCUT2D eigenvalue weighted by atomic mass is 10.0. The maximum Gasteiger partial charge on any atom is 0.339 e. The number of ether oxygens (including phenoxy) is 1. The van der Waals surface area contributed by atoms with Gasteiger partial charge in [0.1, 0.15) is 0 Å². The summed E-state index contributed by atoms with van der Waals surface area (Å²) in [4.78, 5) is 11.7. The van der Waals surface area contributed by atoms with Crippen molar-refractivity contribution in [2.45, 2.75) is 38.1 Å². The number of nitrogens with one attached hydrogen (secondary N) is 1. The molecule has 0 aromatic heterocycles. The van der Waals surface area contributed by atoms with Crippen LogP contribution in [-0.4, -0.2) is 21.5 Å². The monoisotopic (exact) mass is 395 g/mol. The number of carbonyl (C=O) groups is 1. The Morgan fingerprint density at radius 1 is 1.15 bits per heavy atom. The SMILES string of the molecule is CC[C@H](NS(=O)(=O)c1ccc(Cl)c(C(=O)OC)c1)c1ccc(C)c(C)c1. The summed E-state index contributed by atoms with van der Waals surface area (Å²) in [6.07, 6.45) is 0.583. The first kappa shape index (κ1) is 20.4. The maximum atomic E-state index is 12.8. The number of halogens is 1. The van der Waals surface area contributed by atoms with Crippen LogP contribution >= 0.6 is 11.6 Å². The Balaban J connectivity index is 2.37. The summed E-state index contributed by atoms with van der Waals surface area (Å²) in [5.41, 5.74) is 3.14. The van der Waals surface area contributed by atoms with E-state index in [1.54, 1.807) is 0 Å². The van der Waals surface area contributed by atoms with Gasteiger partial charge in [0.25, 0.3) is 0 Å². The van der Waals surface area contributed by atoms with Gasteiger partial charge in [-0.15, -0.1) is 0 Å². The lowest BCUT2D eigenvalue weighted by molar-refractivity contribution is 0.0600. The third kappa shape index (κ3) is 4.44. The summed E-state index contributed by atoms with van der Waals surface area (Å²) in [5.74, 6) is -0.687. The molecule has 0 aliphatic heterocycles. The summed E-state index contributed by atoms with van der Waals surface area (Å²) in [6, 6.07) is 9.46. The fourth-order valence-electron chi connectivity index (χ4n) is 2.56. The number of aryl methyl sites for hydroxylation is 2. The Hall–Kier alpha value is -1.89. The second-order valence-corrected chi connectivity index (χ2v) is 8.18. The molecule has 0 aliphatic rings. The van der Waals surface area contributed by atoms with Gasteiger partial charge >= 0.3 is 5.97 Å². The fraction of sp³-hybridized carbons (Fsp3) is 0.316. The quantitative estimate of drug-likeness (QED) is 0.745. The van der Waals surface area contributed by atoms with Gasteiger partial charge in [-0.25, -0.2) is 17.9 Å². The summed E-state index contributed by atoms with van der Waals surface area (Å²) >= 11 is 5.96. The molecule has 2 rings (SSSR count). The molecule has 0 saturated carbocycles. The van der Waals surface area contributed by atoms with Crippen molar-refractivity contribution >= 4 is 27.6 Å². The molecular formula is C19H22ClNO4S. The van der Waals surface area contributed by atoms with E-state index in [2.05, 4.69) is 9.46 Å². The maximum absolute atomic E-state index is 12.8. The molecule has 140 valence electrons. The van der Waals surface area contributed by atoms with Crippen LogP contribution in [-0.2, 0) is 14.8 Å². The van der Waals surface area contributed by atoms with Crippen molar-refractivity contribution in [3.63, 3.8) is 0 Å². The third-order valence-corrected chi connectivity index (χ3v) is 6.09. The van der Waals surface area contributed by atoms with E-state index in [1.807, 2.05) is 39.0 Å². The van der Waals surface area contributed by atoms with Gasteiger partial charge in [-0.3, -0.25) is 0 Å².